The number of rotatable bonds is 6. The lowest BCUT2D eigenvalue weighted by Crippen LogP contribution is -2.33. The lowest BCUT2D eigenvalue weighted by Gasteiger charge is -2.15. The van der Waals surface area contributed by atoms with Gasteiger partial charge in [-0.05, 0) is 39.0 Å². The Balaban J connectivity index is 1.55. The first kappa shape index (κ1) is 20.2. The highest BCUT2D eigenvalue weighted by molar-refractivity contribution is 7.14. The van der Waals surface area contributed by atoms with Crippen LogP contribution in [0, 0.1) is 18.3 Å². The first-order chi connectivity index (χ1) is 13.8. The molecular weight excluding hydrogens is 390 g/mol. The molecule has 0 aliphatic carbocycles. The van der Waals surface area contributed by atoms with Crippen molar-refractivity contribution in [2.45, 2.75) is 26.3 Å². The molecule has 0 spiro atoms. The van der Waals surface area contributed by atoms with Crippen molar-refractivity contribution in [2.24, 2.45) is 0 Å². The number of thiazole rings is 1. The zero-order valence-corrected chi connectivity index (χ0v) is 16.9. The molecule has 0 saturated heterocycles. The van der Waals surface area contributed by atoms with Gasteiger partial charge >= 0.3 is 0 Å². The van der Waals surface area contributed by atoms with Gasteiger partial charge in [0.1, 0.15) is 16.9 Å². The zero-order valence-electron chi connectivity index (χ0n) is 16.1. The molecule has 148 valence electrons. The molecule has 0 fully saturated rings. The smallest absolute Gasteiger partial charge is 0.272 e. The Morgan fingerprint density at radius 3 is 2.76 bits per heavy atom. The average Bonchev–Trinajstić information content (AvgIpc) is 3.36. The third-order valence-electron chi connectivity index (χ3n) is 3.98. The molecule has 10 heteroatoms. The minimum Gasteiger partial charge on any atom is -0.342 e. The van der Waals surface area contributed by atoms with Crippen LogP contribution in [-0.2, 0) is 10.3 Å². The number of nitriles is 1. The molecule has 0 radical (unpaired) electrons. The van der Waals surface area contributed by atoms with Crippen LogP contribution in [-0.4, -0.2) is 38.1 Å². The summed E-state index contributed by atoms with van der Waals surface area (Å²) in [6.07, 6.45) is 1.55. The Labute approximate surface area is 171 Å². The summed E-state index contributed by atoms with van der Waals surface area (Å²) < 4.78 is 1.40. The van der Waals surface area contributed by atoms with Crippen molar-refractivity contribution in [3.63, 3.8) is 0 Å². The second kappa shape index (κ2) is 8.20. The lowest BCUT2D eigenvalue weighted by atomic mass is 10.1. The number of carbonyl (C=O) groups is 2. The van der Waals surface area contributed by atoms with Gasteiger partial charge in [0.05, 0.1) is 18.3 Å². The van der Waals surface area contributed by atoms with Gasteiger partial charge in [0.2, 0.25) is 5.91 Å². The third kappa shape index (κ3) is 4.83. The Morgan fingerprint density at radius 2 is 2.03 bits per heavy atom. The van der Waals surface area contributed by atoms with E-state index in [1.54, 1.807) is 25.4 Å². The fourth-order valence-electron chi connectivity index (χ4n) is 2.36. The van der Waals surface area contributed by atoms with E-state index in [9.17, 15) is 9.59 Å². The van der Waals surface area contributed by atoms with E-state index in [1.807, 2.05) is 25.1 Å². The zero-order chi connectivity index (χ0) is 21.0. The van der Waals surface area contributed by atoms with Gasteiger partial charge in [-0.15, -0.1) is 11.3 Å². The summed E-state index contributed by atoms with van der Waals surface area (Å²) in [4.78, 5) is 33.0. The molecule has 0 atom stereocenters. The second-order valence-electron chi connectivity index (χ2n) is 6.75. The molecule has 0 aliphatic heterocycles. The summed E-state index contributed by atoms with van der Waals surface area (Å²) in [5.74, 6) is -0.912. The molecule has 9 nitrogen and oxygen atoms in total. The van der Waals surface area contributed by atoms with Crippen LogP contribution in [0.3, 0.4) is 0 Å². The Kier molecular flexibility index (Phi) is 5.70. The van der Waals surface area contributed by atoms with Crippen molar-refractivity contribution in [1.82, 2.24) is 25.1 Å². The summed E-state index contributed by atoms with van der Waals surface area (Å²) in [6.45, 7) is 5.03. The maximum absolute atomic E-state index is 12.2. The molecule has 29 heavy (non-hydrogen) atoms. The van der Waals surface area contributed by atoms with Gasteiger partial charge in [-0.25, -0.2) is 4.98 Å². The summed E-state index contributed by atoms with van der Waals surface area (Å²) >= 11 is 1.28. The van der Waals surface area contributed by atoms with Gasteiger partial charge in [-0.2, -0.15) is 10.4 Å². The predicted octanol–water partition coefficient (Wildman–Crippen LogP) is 2.34. The highest BCUT2D eigenvalue weighted by Crippen LogP contribution is 2.23. The van der Waals surface area contributed by atoms with Crippen LogP contribution in [0.1, 0.15) is 30.0 Å². The molecular formula is C19H19N7O2S. The fourth-order valence-corrected chi connectivity index (χ4v) is 3.08. The van der Waals surface area contributed by atoms with Crippen molar-refractivity contribution >= 4 is 28.3 Å². The summed E-state index contributed by atoms with van der Waals surface area (Å²) in [6, 6.07) is 9.23. The van der Waals surface area contributed by atoms with E-state index in [0.29, 0.717) is 10.8 Å². The largest absolute Gasteiger partial charge is 0.342 e. The summed E-state index contributed by atoms with van der Waals surface area (Å²) in [5, 5.41) is 20.6. The topological polar surface area (TPSA) is 126 Å². The number of carbonyl (C=O) groups excluding carboxylic acids is 2. The molecule has 0 aromatic carbocycles. The predicted molar refractivity (Wildman–Crippen MR) is 108 cm³/mol. The van der Waals surface area contributed by atoms with E-state index in [0.717, 1.165) is 11.4 Å². The molecule has 3 heterocycles. The lowest BCUT2D eigenvalue weighted by molar-refractivity contribution is -0.115. The van der Waals surface area contributed by atoms with Crippen LogP contribution in [0.4, 0.5) is 5.13 Å². The molecule has 2 amide bonds. The number of nitrogens with one attached hydrogen (secondary N) is 2. The Hall–Kier alpha value is -3.58. The van der Waals surface area contributed by atoms with Crippen LogP contribution in [0.5, 0.6) is 0 Å². The van der Waals surface area contributed by atoms with Crippen molar-refractivity contribution < 1.29 is 9.59 Å². The minimum atomic E-state index is -0.870. The minimum absolute atomic E-state index is 0.128. The van der Waals surface area contributed by atoms with Gasteiger partial charge < -0.3 is 10.6 Å². The van der Waals surface area contributed by atoms with Crippen LogP contribution in [0.15, 0.2) is 35.8 Å². The summed E-state index contributed by atoms with van der Waals surface area (Å²) in [5.41, 5.74) is 1.53. The molecule has 0 bridgehead atoms. The SMILES string of the molecule is Cc1cccc(-c2csc(NC(=O)CNC(=O)c3ccn(C(C)(C)C#N)n3)n2)n1. The average molecular weight is 409 g/mol. The van der Waals surface area contributed by atoms with Crippen molar-refractivity contribution in [3.05, 3.63) is 47.2 Å². The van der Waals surface area contributed by atoms with E-state index in [-0.39, 0.29) is 12.2 Å². The van der Waals surface area contributed by atoms with E-state index < -0.39 is 17.4 Å². The maximum Gasteiger partial charge on any atom is 0.272 e. The Morgan fingerprint density at radius 1 is 1.24 bits per heavy atom. The highest BCUT2D eigenvalue weighted by atomic mass is 32.1. The molecule has 3 aromatic heterocycles. The second-order valence-corrected chi connectivity index (χ2v) is 7.61. The molecule has 0 saturated carbocycles. The molecule has 3 rings (SSSR count). The van der Waals surface area contributed by atoms with Crippen molar-refractivity contribution in [2.75, 3.05) is 11.9 Å². The van der Waals surface area contributed by atoms with Crippen LogP contribution in [0.25, 0.3) is 11.4 Å². The number of pyridine rings is 1. The normalized spacial score (nSPS) is 11.0. The van der Waals surface area contributed by atoms with Crippen molar-refractivity contribution in [3.8, 4) is 17.5 Å². The number of nitrogens with zero attached hydrogens (tertiary/aromatic N) is 5. The number of anilines is 1. The number of hydrogen-bond acceptors (Lipinski definition) is 7. The number of hydrogen-bond donors (Lipinski definition) is 2. The summed E-state index contributed by atoms with van der Waals surface area (Å²) in [7, 11) is 0. The van der Waals surface area contributed by atoms with Crippen LogP contribution in [0.2, 0.25) is 0 Å². The van der Waals surface area contributed by atoms with Gasteiger partial charge in [-0.3, -0.25) is 19.3 Å². The van der Waals surface area contributed by atoms with Crippen molar-refractivity contribution in [1.29, 1.82) is 5.26 Å². The van der Waals surface area contributed by atoms with Gasteiger partial charge in [0, 0.05) is 17.3 Å². The van der Waals surface area contributed by atoms with Gasteiger partial charge in [0.15, 0.2) is 5.13 Å². The van der Waals surface area contributed by atoms with E-state index in [4.69, 9.17) is 5.26 Å². The first-order valence-corrected chi connectivity index (χ1v) is 9.61. The quantitative estimate of drug-likeness (QED) is 0.644. The van der Waals surface area contributed by atoms with Crippen LogP contribution >= 0.6 is 11.3 Å². The number of aromatic nitrogens is 4. The monoisotopic (exact) mass is 409 g/mol. The molecule has 3 aromatic rings. The third-order valence-corrected chi connectivity index (χ3v) is 4.74. The number of aryl methyl sites for hydroxylation is 1. The fraction of sp³-hybridized carbons (Fsp3) is 0.263. The van der Waals surface area contributed by atoms with E-state index in [2.05, 4.69) is 31.8 Å². The first-order valence-electron chi connectivity index (χ1n) is 8.73. The number of amides is 2. The highest BCUT2D eigenvalue weighted by Gasteiger charge is 2.22. The molecule has 0 unspecified atom stereocenters. The van der Waals surface area contributed by atoms with E-state index >= 15 is 0 Å². The Bertz CT molecular complexity index is 1090. The van der Waals surface area contributed by atoms with Gasteiger partial charge in [0.25, 0.3) is 5.91 Å². The molecule has 0 aliphatic rings. The molecule has 2 N–H and O–H groups in total. The standard InChI is InChI=1S/C19H19N7O2S/c1-12-5-4-6-13(22-12)15-10-29-18(23-15)24-16(27)9-21-17(28)14-7-8-26(25-14)19(2,3)11-20/h4-8,10H,9H2,1-3H3,(H,21,28)(H,23,24,27). The van der Waals surface area contributed by atoms with Crippen LogP contribution < -0.4 is 10.6 Å². The maximum atomic E-state index is 12.2. The van der Waals surface area contributed by atoms with E-state index in [1.165, 1.54) is 22.1 Å². The van der Waals surface area contributed by atoms with Gasteiger partial charge in [-0.1, -0.05) is 6.07 Å².